The van der Waals surface area contributed by atoms with Crippen molar-refractivity contribution in [1.29, 1.82) is 0 Å². The van der Waals surface area contributed by atoms with Crippen LogP contribution in [0.3, 0.4) is 0 Å². The largest absolute Gasteiger partial charge is 0.355 e. The summed E-state index contributed by atoms with van der Waals surface area (Å²) in [6.07, 6.45) is 3.31. The van der Waals surface area contributed by atoms with E-state index in [4.69, 9.17) is 4.52 Å². The summed E-state index contributed by atoms with van der Waals surface area (Å²) in [6.45, 7) is 4.83. The topological polar surface area (TPSA) is 62.5 Å². The van der Waals surface area contributed by atoms with Gasteiger partial charge >= 0.3 is 0 Å². The Morgan fingerprint density at radius 3 is 2.50 bits per heavy atom. The molecular formula is C20H20N4O2. The summed E-state index contributed by atoms with van der Waals surface area (Å²) in [5.74, 6) is 1.44. The van der Waals surface area contributed by atoms with Gasteiger partial charge in [0.25, 0.3) is 5.91 Å². The smallest absolute Gasteiger partial charge is 0.259 e. The van der Waals surface area contributed by atoms with Gasteiger partial charge < -0.3 is 14.3 Å². The highest BCUT2D eigenvalue weighted by Gasteiger charge is 2.26. The van der Waals surface area contributed by atoms with E-state index in [-0.39, 0.29) is 5.91 Å². The average molecular weight is 348 g/mol. The standard InChI is InChI=1S/C20H20N4O2/c1-15-5-7-16(8-6-15)19-17(14-22-26-19)20(25)24-12-10-23(11-13-24)18-4-2-3-9-21-18/h2-9,14H,10-13H2,1H3. The molecule has 6 heteroatoms. The molecule has 0 atom stereocenters. The second-order valence-corrected chi connectivity index (χ2v) is 6.40. The third-order valence-corrected chi connectivity index (χ3v) is 4.65. The Bertz CT molecular complexity index is 882. The number of carbonyl (C=O) groups is 1. The zero-order valence-electron chi connectivity index (χ0n) is 14.6. The molecule has 1 fully saturated rings. The quantitative estimate of drug-likeness (QED) is 0.728. The lowest BCUT2D eigenvalue weighted by molar-refractivity contribution is 0.0747. The number of hydrogen-bond donors (Lipinski definition) is 0. The molecule has 0 unspecified atom stereocenters. The molecule has 6 nitrogen and oxygen atoms in total. The number of amides is 1. The molecule has 0 radical (unpaired) electrons. The summed E-state index contributed by atoms with van der Waals surface area (Å²) >= 11 is 0. The minimum atomic E-state index is -0.0394. The highest BCUT2D eigenvalue weighted by Crippen LogP contribution is 2.25. The minimum absolute atomic E-state index is 0.0394. The van der Waals surface area contributed by atoms with Crippen molar-refractivity contribution in [2.75, 3.05) is 31.1 Å². The lowest BCUT2D eigenvalue weighted by Crippen LogP contribution is -2.49. The summed E-state index contributed by atoms with van der Waals surface area (Å²) in [4.78, 5) is 21.4. The Kier molecular flexibility index (Phi) is 4.39. The Balaban J connectivity index is 1.48. The molecule has 0 aliphatic carbocycles. The zero-order chi connectivity index (χ0) is 17.9. The van der Waals surface area contributed by atoms with Crippen LogP contribution in [0.15, 0.2) is 59.4 Å². The van der Waals surface area contributed by atoms with E-state index in [9.17, 15) is 4.79 Å². The number of carbonyl (C=O) groups excluding carboxylic acids is 1. The van der Waals surface area contributed by atoms with Crippen molar-refractivity contribution < 1.29 is 9.32 Å². The maximum Gasteiger partial charge on any atom is 0.259 e. The molecule has 4 rings (SSSR count). The number of benzene rings is 1. The lowest BCUT2D eigenvalue weighted by Gasteiger charge is -2.35. The molecule has 3 aromatic rings. The molecule has 26 heavy (non-hydrogen) atoms. The summed E-state index contributed by atoms with van der Waals surface area (Å²) in [7, 11) is 0. The molecule has 1 aromatic carbocycles. The van der Waals surface area contributed by atoms with E-state index >= 15 is 0 Å². The number of anilines is 1. The molecule has 2 aromatic heterocycles. The van der Waals surface area contributed by atoms with E-state index in [2.05, 4.69) is 15.0 Å². The van der Waals surface area contributed by atoms with Crippen LogP contribution in [0.4, 0.5) is 5.82 Å². The molecule has 1 aliphatic heterocycles. The molecule has 132 valence electrons. The second kappa shape index (κ2) is 7.00. The van der Waals surface area contributed by atoms with Crippen molar-refractivity contribution in [2.24, 2.45) is 0 Å². The van der Waals surface area contributed by atoms with Crippen LogP contribution >= 0.6 is 0 Å². The van der Waals surface area contributed by atoms with Crippen molar-refractivity contribution >= 4 is 11.7 Å². The molecule has 0 bridgehead atoms. The van der Waals surface area contributed by atoms with E-state index < -0.39 is 0 Å². The molecule has 1 saturated heterocycles. The highest BCUT2D eigenvalue weighted by molar-refractivity contribution is 5.99. The molecular weight excluding hydrogens is 328 g/mol. The average Bonchev–Trinajstić information content (AvgIpc) is 3.19. The number of rotatable bonds is 3. The van der Waals surface area contributed by atoms with Gasteiger partial charge in [-0.3, -0.25) is 4.79 Å². The highest BCUT2D eigenvalue weighted by atomic mass is 16.5. The van der Waals surface area contributed by atoms with Gasteiger partial charge in [-0.15, -0.1) is 0 Å². The van der Waals surface area contributed by atoms with Crippen LogP contribution in [0.5, 0.6) is 0 Å². The summed E-state index contributed by atoms with van der Waals surface area (Å²) in [6, 6.07) is 13.8. The van der Waals surface area contributed by atoms with Gasteiger partial charge in [-0.25, -0.2) is 4.98 Å². The van der Waals surface area contributed by atoms with Crippen LogP contribution in [0, 0.1) is 6.92 Å². The number of hydrogen-bond acceptors (Lipinski definition) is 5. The van der Waals surface area contributed by atoms with Crippen LogP contribution < -0.4 is 4.90 Å². The van der Waals surface area contributed by atoms with Gasteiger partial charge in [0, 0.05) is 37.9 Å². The predicted molar refractivity (Wildman–Crippen MR) is 99.0 cm³/mol. The zero-order valence-corrected chi connectivity index (χ0v) is 14.6. The number of aryl methyl sites for hydroxylation is 1. The molecule has 1 amide bonds. The Labute approximate surface area is 152 Å². The van der Waals surface area contributed by atoms with Gasteiger partial charge in [0.05, 0.1) is 6.20 Å². The first kappa shape index (κ1) is 16.3. The Morgan fingerprint density at radius 2 is 1.81 bits per heavy atom. The van der Waals surface area contributed by atoms with Crippen molar-refractivity contribution in [1.82, 2.24) is 15.0 Å². The van der Waals surface area contributed by atoms with Crippen LogP contribution in [0.25, 0.3) is 11.3 Å². The van der Waals surface area contributed by atoms with Crippen LogP contribution in [0.2, 0.25) is 0 Å². The van der Waals surface area contributed by atoms with Gasteiger partial charge in [0.1, 0.15) is 11.4 Å². The fourth-order valence-corrected chi connectivity index (χ4v) is 3.15. The van der Waals surface area contributed by atoms with Crippen molar-refractivity contribution in [3.63, 3.8) is 0 Å². The third-order valence-electron chi connectivity index (χ3n) is 4.65. The predicted octanol–water partition coefficient (Wildman–Crippen LogP) is 3.01. The van der Waals surface area contributed by atoms with Gasteiger partial charge in [-0.2, -0.15) is 0 Å². The molecule has 0 N–H and O–H groups in total. The summed E-state index contributed by atoms with van der Waals surface area (Å²) in [5.41, 5.74) is 2.54. The third kappa shape index (κ3) is 3.18. The first-order valence-electron chi connectivity index (χ1n) is 8.69. The molecule has 1 aliphatic rings. The lowest BCUT2D eigenvalue weighted by atomic mass is 10.1. The second-order valence-electron chi connectivity index (χ2n) is 6.40. The number of aromatic nitrogens is 2. The van der Waals surface area contributed by atoms with Crippen LogP contribution in [-0.4, -0.2) is 47.1 Å². The number of piperazine rings is 1. The minimum Gasteiger partial charge on any atom is -0.355 e. The first-order chi connectivity index (χ1) is 12.7. The fourth-order valence-electron chi connectivity index (χ4n) is 3.15. The van der Waals surface area contributed by atoms with Crippen LogP contribution in [-0.2, 0) is 0 Å². The van der Waals surface area contributed by atoms with E-state index in [1.807, 2.05) is 54.3 Å². The Hall–Kier alpha value is -3.15. The molecule has 3 heterocycles. The van der Waals surface area contributed by atoms with Crippen molar-refractivity contribution in [3.05, 3.63) is 66.0 Å². The molecule has 0 spiro atoms. The van der Waals surface area contributed by atoms with E-state index in [1.54, 1.807) is 6.20 Å². The monoisotopic (exact) mass is 348 g/mol. The number of pyridine rings is 1. The van der Waals surface area contributed by atoms with E-state index in [1.165, 1.54) is 6.20 Å². The normalized spacial score (nSPS) is 14.5. The fraction of sp³-hybridized carbons (Fsp3) is 0.250. The maximum absolute atomic E-state index is 13.0. The van der Waals surface area contributed by atoms with Gasteiger partial charge in [0.15, 0.2) is 5.76 Å². The first-order valence-corrected chi connectivity index (χ1v) is 8.69. The Morgan fingerprint density at radius 1 is 1.04 bits per heavy atom. The number of nitrogens with zero attached hydrogens (tertiary/aromatic N) is 4. The van der Waals surface area contributed by atoms with Gasteiger partial charge in [-0.1, -0.05) is 41.1 Å². The van der Waals surface area contributed by atoms with Crippen molar-refractivity contribution in [3.8, 4) is 11.3 Å². The van der Waals surface area contributed by atoms with Crippen LogP contribution in [0.1, 0.15) is 15.9 Å². The summed E-state index contributed by atoms with van der Waals surface area (Å²) in [5, 5.41) is 3.86. The summed E-state index contributed by atoms with van der Waals surface area (Å²) < 4.78 is 5.38. The van der Waals surface area contributed by atoms with Crippen molar-refractivity contribution in [2.45, 2.75) is 6.92 Å². The van der Waals surface area contributed by atoms with E-state index in [0.717, 1.165) is 30.0 Å². The van der Waals surface area contributed by atoms with E-state index in [0.29, 0.717) is 24.4 Å². The SMILES string of the molecule is Cc1ccc(-c2oncc2C(=O)N2CCN(c3ccccn3)CC2)cc1. The van der Waals surface area contributed by atoms with Gasteiger partial charge in [-0.05, 0) is 19.1 Å². The maximum atomic E-state index is 13.0. The molecule has 0 saturated carbocycles. The van der Waals surface area contributed by atoms with Gasteiger partial charge in [0.2, 0.25) is 0 Å².